The summed E-state index contributed by atoms with van der Waals surface area (Å²) in [5.41, 5.74) is 8.56. The van der Waals surface area contributed by atoms with Gasteiger partial charge in [0.1, 0.15) is 0 Å². The van der Waals surface area contributed by atoms with E-state index in [1.807, 2.05) is 32.0 Å². The van der Waals surface area contributed by atoms with Crippen molar-refractivity contribution in [1.29, 1.82) is 0 Å². The second kappa shape index (κ2) is 6.91. The van der Waals surface area contributed by atoms with Crippen LogP contribution in [0.2, 0.25) is 0 Å². The van der Waals surface area contributed by atoms with Crippen LogP contribution in [0.3, 0.4) is 0 Å². The Kier molecular flexibility index (Phi) is 5.75. The minimum Gasteiger partial charge on any atom is -0.325 e. The lowest BCUT2D eigenvalue weighted by Gasteiger charge is -2.17. The smallest absolute Gasteiger partial charge is 0.241 e. The molecule has 3 N–H and O–H groups in total. The SMILES string of the molecule is CC(=O)N1CCc2cc(NC(=O)C(N)C(C)C)ccc21.Cl. The summed E-state index contributed by atoms with van der Waals surface area (Å²) in [7, 11) is 0. The molecule has 1 aromatic rings. The van der Waals surface area contributed by atoms with Gasteiger partial charge in [-0.2, -0.15) is 0 Å². The van der Waals surface area contributed by atoms with Crippen LogP contribution in [0.5, 0.6) is 0 Å². The Morgan fingerprint density at radius 2 is 2.00 bits per heavy atom. The van der Waals surface area contributed by atoms with Gasteiger partial charge in [0, 0.05) is 24.8 Å². The summed E-state index contributed by atoms with van der Waals surface area (Å²) >= 11 is 0. The average molecular weight is 312 g/mol. The number of nitrogens with zero attached hydrogens (tertiary/aromatic N) is 1. The number of nitrogens with two attached hydrogens (primary N) is 1. The highest BCUT2D eigenvalue weighted by Crippen LogP contribution is 2.30. The van der Waals surface area contributed by atoms with Crippen LogP contribution in [0.1, 0.15) is 26.3 Å². The number of amides is 2. The number of fused-ring (bicyclic) bond motifs is 1. The summed E-state index contributed by atoms with van der Waals surface area (Å²) in [6, 6.07) is 5.09. The van der Waals surface area contributed by atoms with Crippen molar-refractivity contribution >= 4 is 35.6 Å². The van der Waals surface area contributed by atoms with Gasteiger partial charge in [0.05, 0.1) is 6.04 Å². The van der Waals surface area contributed by atoms with Gasteiger partial charge < -0.3 is 16.0 Å². The highest BCUT2D eigenvalue weighted by atomic mass is 35.5. The Morgan fingerprint density at radius 1 is 1.33 bits per heavy atom. The molecule has 0 bridgehead atoms. The fourth-order valence-electron chi connectivity index (χ4n) is 2.33. The van der Waals surface area contributed by atoms with E-state index in [0.717, 1.165) is 23.4 Å². The maximum Gasteiger partial charge on any atom is 0.241 e. The lowest BCUT2D eigenvalue weighted by molar-refractivity contribution is -0.118. The Bertz CT molecular complexity index is 546. The predicted octanol–water partition coefficient (Wildman–Crippen LogP) is 1.94. The molecule has 2 rings (SSSR count). The third-order valence-corrected chi connectivity index (χ3v) is 3.64. The van der Waals surface area contributed by atoms with Gasteiger partial charge in [-0.25, -0.2) is 0 Å². The van der Waals surface area contributed by atoms with Crippen molar-refractivity contribution in [3.63, 3.8) is 0 Å². The summed E-state index contributed by atoms with van der Waals surface area (Å²) in [5.74, 6) is -0.0404. The molecule has 1 unspecified atom stereocenters. The zero-order chi connectivity index (χ0) is 14.9. The summed E-state index contributed by atoms with van der Waals surface area (Å²) in [6.07, 6.45) is 0.814. The minimum absolute atomic E-state index is 0. The zero-order valence-corrected chi connectivity index (χ0v) is 13.4. The number of hydrogen-bond acceptors (Lipinski definition) is 3. The van der Waals surface area contributed by atoms with Gasteiger partial charge in [0.15, 0.2) is 0 Å². The van der Waals surface area contributed by atoms with Gasteiger partial charge in [0.25, 0.3) is 0 Å². The van der Waals surface area contributed by atoms with Gasteiger partial charge in [-0.3, -0.25) is 9.59 Å². The Labute approximate surface area is 131 Å². The summed E-state index contributed by atoms with van der Waals surface area (Å²) in [6.45, 7) is 6.09. The molecule has 5 nitrogen and oxygen atoms in total. The molecule has 1 aliphatic rings. The standard InChI is InChI=1S/C15H21N3O2.ClH/c1-9(2)14(16)15(20)17-12-4-5-13-11(8-12)6-7-18(13)10(3)19;/h4-5,8-9,14H,6-7,16H2,1-3H3,(H,17,20);1H. The highest BCUT2D eigenvalue weighted by molar-refractivity contribution is 5.97. The quantitative estimate of drug-likeness (QED) is 0.895. The molecule has 0 aromatic heterocycles. The fraction of sp³-hybridized carbons (Fsp3) is 0.467. The third-order valence-electron chi connectivity index (χ3n) is 3.64. The van der Waals surface area contributed by atoms with Crippen LogP contribution in [0.25, 0.3) is 0 Å². The number of hydrogen-bond donors (Lipinski definition) is 2. The molecule has 1 aliphatic heterocycles. The maximum absolute atomic E-state index is 11.9. The zero-order valence-electron chi connectivity index (χ0n) is 12.6. The van der Waals surface area contributed by atoms with Crippen LogP contribution in [0, 0.1) is 5.92 Å². The van der Waals surface area contributed by atoms with E-state index in [4.69, 9.17) is 5.73 Å². The molecule has 0 fully saturated rings. The number of anilines is 2. The van der Waals surface area contributed by atoms with Crippen molar-refractivity contribution in [3.8, 4) is 0 Å². The third kappa shape index (κ3) is 3.74. The molecule has 1 heterocycles. The van der Waals surface area contributed by atoms with Crippen LogP contribution in [0.15, 0.2) is 18.2 Å². The number of halogens is 1. The first-order chi connectivity index (χ1) is 9.40. The number of carbonyl (C=O) groups excluding carboxylic acids is 2. The van der Waals surface area contributed by atoms with E-state index in [9.17, 15) is 9.59 Å². The molecule has 1 atom stereocenters. The molecular formula is C15H22ClN3O2. The van der Waals surface area contributed by atoms with Crippen LogP contribution in [0.4, 0.5) is 11.4 Å². The first-order valence-corrected chi connectivity index (χ1v) is 6.87. The minimum atomic E-state index is -0.517. The van der Waals surface area contributed by atoms with E-state index in [-0.39, 0.29) is 30.1 Å². The van der Waals surface area contributed by atoms with E-state index in [1.165, 1.54) is 0 Å². The summed E-state index contributed by atoms with van der Waals surface area (Å²) in [4.78, 5) is 25.2. The van der Waals surface area contributed by atoms with E-state index in [1.54, 1.807) is 11.8 Å². The topological polar surface area (TPSA) is 75.4 Å². The van der Waals surface area contributed by atoms with Crippen LogP contribution in [-0.4, -0.2) is 24.4 Å². The van der Waals surface area contributed by atoms with Gasteiger partial charge in [-0.15, -0.1) is 12.4 Å². The molecular weight excluding hydrogens is 290 g/mol. The lowest BCUT2D eigenvalue weighted by Crippen LogP contribution is -2.39. The van der Waals surface area contributed by atoms with Crippen LogP contribution < -0.4 is 16.0 Å². The predicted molar refractivity (Wildman–Crippen MR) is 86.9 cm³/mol. The first kappa shape index (κ1) is 17.5. The van der Waals surface area contributed by atoms with Crippen molar-refractivity contribution in [3.05, 3.63) is 23.8 Å². The monoisotopic (exact) mass is 311 g/mol. The molecule has 21 heavy (non-hydrogen) atoms. The number of rotatable bonds is 3. The van der Waals surface area contributed by atoms with E-state index in [2.05, 4.69) is 5.32 Å². The van der Waals surface area contributed by atoms with Crippen LogP contribution >= 0.6 is 12.4 Å². The molecule has 0 saturated carbocycles. The average Bonchev–Trinajstić information content (AvgIpc) is 2.80. The molecule has 2 amide bonds. The molecule has 0 spiro atoms. The highest BCUT2D eigenvalue weighted by Gasteiger charge is 2.23. The molecule has 0 aliphatic carbocycles. The Hall–Kier alpha value is -1.59. The van der Waals surface area contributed by atoms with Crippen molar-refractivity contribution in [1.82, 2.24) is 0 Å². The van der Waals surface area contributed by atoms with Crippen LogP contribution in [-0.2, 0) is 16.0 Å². The normalized spacial score (nSPS) is 14.4. The molecule has 0 saturated heterocycles. The number of carbonyl (C=O) groups is 2. The van der Waals surface area contributed by atoms with Crippen molar-refractivity contribution in [2.24, 2.45) is 11.7 Å². The summed E-state index contributed by atoms with van der Waals surface area (Å²) in [5, 5.41) is 2.83. The van der Waals surface area contributed by atoms with Crippen molar-refractivity contribution < 1.29 is 9.59 Å². The van der Waals surface area contributed by atoms with Gasteiger partial charge in [-0.1, -0.05) is 13.8 Å². The van der Waals surface area contributed by atoms with Gasteiger partial charge in [-0.05, 0) is 36.1 Å². The maximum atomic E-state index is 11.9. The van der Waals surface area contributed by atoms with Gasteiger partial charge in [0.2, 0.25) is 11.8 Å². The van der Waals surface area contributed by atoms with Crippen molar-refractivity contribution in [2.45, 2.75) is 33.2 Å². The largest absolute Gasteiger partial charge is 0.325 e. The van der Waals surface area contributed by atoms with E-state index < -0.39 is 6.04 Å². The first-order valence-electron chi connectivity index (χ1n) is 6.87. The number of nitrogens with one attached hydrogen (secondary N) is 1. The lowest BCUT2D eigenvalue weighted by atomic mass is 10.0. The molecule has 116 valence electrons. The number of benzene rings is 1. The summed E-state index contributed by atoms with van der Waals surface area (Å²) < 4.78 is 0. The van der Waals surface area contributed by atoms with Gasteiger partial charge >= 0.3 is 0 Å². The van der Waals surface area contributed by atoms with E-state index >= 15 is 0 Å². The fourth-order valence-corrected chi connectivity index (χ4v) is 2.33. The van der Waals surface area contributed by atoms with Crippen molar-refractivity contribution in [2.75, 3.05) is 16.8 Å². The second-order valence-corrected chi connectivity index (χ2v) is 5.52. The van der Waals surface area contributed by atoms with E-state index in [0.29, 0.717) is 6.54 Å². The molecule has 6 heteroatoms. The molecule has 0 radical (unpaired) electrons. The Morgan fingerprint density at radius 3 is 2.57 bits per heavy atom. The Balaban J connectivity index is 0.00000220. The molecule has 1 aromatic carbocycles. The second-order valence-electron chi connectivity index (χ2n) is 5.52.